The SMILES string of the molecule is CN1[CH-]N(c2[c-]c(C3(c4[c-]c5c(cc4)c4ccccc4n5-c4ccccn4)c4ccccc4-c4ccccc43)cc(C(C)(C)C)c2)c2ccccc21.[Pt]. The van der Waals surface area contributed by atoms with E-state index in [2.05, 4.69) is 194 Å². The van der Waals surface area contributed by atoms with E-state index in [1.165, 1.54) is 38.9 Å². The molecule has 2 aliphatic rings. The van der Waals surface area contributed by atoms with Crippen molar-refractivity contribution in [3.8, 4) is 16.9 Å². The van der Waals surface area contributed by atoms with Gasteiger partial charge in [-0.05, 0) is 70.4 Å². The second kappa shape index (κ2) is 12.3. The Hall–Kier alpha value is -5.44. The number of hydrogen-bond acceptors (Lipinski definition) is 3. The summed E-state index contributed by atoms with van der Waals surface area (Å²) >= 11 is 0. The van der Waals surface area contributed by atoms with Crippen LogP contribution in [0.15, 0.2) is 146 Å². The van der Waals surface area contributed by atoms with E-state index in [4.69, 9.17) is 4.98 Å². The summed E-state index contributed by atoms with van der Waals surface area (Å²) in [7, 11) is 2.11. The van der Waals surface area contributed by atoms with Gasteiger partial charge < -0.3 is 14.4 Å². The maximum absolute atomic E-state index is 4.84. The van der Waals surface area contributed by atoms with Crippen molar-refractivity contribution in [2.24, 2.45) is 0 Å². The average Bonchev–Trinajstić information content (AvgIpc) is 3.80. The van der Waals surface area contributed by atoms with Gasteiger partial charge in [-0.25, -0.2) is 4.98 Å². The van der Waals surface area contributed by atoms with E-state index in [0.717, 1.165) is 44.7 Å². The van der Waals surface area contributed by atoms with Gasteiger partial charge in [0.15, 0.2) is 0 Å². The van der Waals surface area contributed by atoms with Crippen LogP contribution in [0.25, 0.3) is 38.8 Å². The number of anilines is 3. The fourth-order valence-corrected chi connectivity index (χ4v) is 8.57. The largest absolute Gasteiger partial charge is 0.504 e. The van der Waals surface area contributed by atoms with Crippen LogP contribution in [0.2, 0.25) is 0 Å². The summed E-state index contributed by atoms with van der Waals surface area (Å²) in [5.41, 5.74) is 13.0. The van der Waals surface area contributed by atoms with Crippen LogP contribution < -0.4 is 9.80 Å². The quantitative estimate of drug-likeness (QED) is 0.165. The molecule has 0 bridgehead atoms. The maximum atomic E-state index is 4.84. The van der Waals surface area contributed by atoms with Crippen LogP contribution in [0.4, 0.5) is 17.1 Å². The first-order valence-electron chi connectivity index (χ1n) is 18.0. The molecule has 10 rings (SSSR count). The minimum absolute atomic E-state index is 0. The Balaban J connectivity index is 0.00000372. The molecule has 1 aliphatic heterocycles. The van der Waals surface area contributed by atoms with Gasteiger partial charge in [0.25, 0.3) is 0 Å². The summed E-state index contributed by atoms with van der Waals surface area (Å²) in [6, 6.07) is 58.6. The third-order valence-electron chi connectivity index (χ3n) is 11.0. The molecule has 3 heterocycles. The third-order valence-corrected chi connectivity index (χ3v) is 11.0. The number of rotatable bonds is 4. The van der Waals surface area contributed by atoms with Crippen molar-refractivity contribution >= 4 is 38.9 Å². The zero-order valence-corrected chi connectivity index (χ0v) is 32.3. The van der Waals surface area contributed by atoms with Crippen molar-refractivity contribution in [1.82, 2.24) is 9.55 Å². The van der Waals surface area contributed by atoms with Crippen molar-refractivity contribution in [2.75, 3.05) is 16.8 Å². The molecular weight excluding hydrogens is 828 g/mol. The first kappa shape index (κ1) is 33.4. The van der Waals surface area contributed by atoms with Crippen LogP contribution in [-0.2, 0) is 31.9 Å². The summed E-state index contributed by atoms with van der Waals surface area (Å²) in [6.45, 7) is 9.09. The number of aromatic nitrogens is 2. The second-order valence-electron chi connectivity index (χ2n) is 15.0. The minimum Gasteiger partial charge on any atom is -0.504 e. The molecule has 4 nitrogen and oxygen atoms in total. The smallest absolute Gasteiger partial charge is 0.135 e. The normalized spacial score (nSPS) is 14.3. The Morgan fingerprint density at radius 1 is 0.642 bits per heavy atom. The van der Waals surface area contributed by atoms with Crippen molar-refractivity contribution in [3.63, 3.8) is 0 Å². The van der Waals surface area contributed by atoms with Crippen LogP contribution in [0.5, 0.6) is 0 Å². The molecule has 1 aliphatic carbocycles. The number of benzene rings is 6. The van der Waals surface area contributed by atoms with Gasteiger partial charge in [0.2, 0.25) is 0 Å². The molecule has 53 heavy (non-hydrogen) atoms. The zero-order valence-electron chi connectivity index (χ0n) is 30.0. The van der Waals surface area contributed by atoms with E-state index < -0.39 is 5.41 Å². The molecule has 0 amide bonds. The standard InChI is InChI=1S/C48H37N4.Pt/c1-47(2,3)33-27-34(29-35(28-33)51-31-50(4)43-21-11-12-22-44(43)51)48(40-18-8-5-15-36(40)37-16-6-9-19-41(37)48)32-24-25-39-38-17-7-10-20-42(38)52(45(39)30-32)46-23-13-14-26-49-46;/h5-28,31H,1-4H3;/q-3;. The molecule has 2 aromatic heterocycles. The van der Waals surface area contributed by atoms with Gasteiger partial charge in [-0.2, -0.15) is 42.6 Å². The molecule has 6 aromatic carbocycles. The zero-order chi connectivity index (χ0) is 35.2. The van der Waals surface area contributed by atoms with Gasteiger partial charge in [-0.15, -0.1) is 28.3 Å². The maximum Gasteiger partial charge on any atom is 0.135 e. The van der Waals surface area contributed by atoms with Crippen LogP contribution in [0.1, 0.15) is 48.6 Å². The average molecular weight is 865 g/mol. The molecule has 5 heteroatoms. The van der Waals surface area contributed by atoms with Gasteiger partial charge in [0, 0.05) is 49.6 Å². The summed E-state index contributed by atoms with van der Waals surface area (Å²) in [5, 5.41) is 2.34. The van der Waals surface area contributed by atoms with E-state index in [1.54, 1.807) is 0 Å². The van der Waals surface area contributed by atoms with Gasteiger partial charge in [0.1, 0.15) is 5.82 Å². The van der Waals surface area contributed by atoms with Crippen molar-refractivity contribution < 1.29 is 21.1 Å². The number of hydrogen-bond donors (Lipinski definition) is 0. The van der Waals surface area contributed by atoms with Crippen LogP contribution >= 0.6 is 0 Å². The topological polar surface area (TPSA) is 24.3 Å². The van der Waals surface area contributed by atoms with Crippen molar-refractivity contribution in [2.45, 2.75) is 31.6 Å². The van der Waals surface area contributed by atoms with Crippen LogP contribution in [0, 0.1) is 18.8 Å². The number of fused-ring (bicyclic) bond motifs is 7. The van der Waals surface area contributed by atoms with E-state index in [1.807, 2.05) is 12.3 Å². The Labute approximate surface area is 325 Å². The molecular formula is C48H37N4Pt-3. The third kappa shape index (κ3) is 4.89. The number of nitrogens with zero attached hydrogens (tertiary/aromatic N) is 4. The van der Waals surface area contributed by atoms with E-state index >= 15 is 0 Å². The predicted molar refractivity (Wildman–Crippen MR) is 214 cm³/mol. The molecule has 0 spiro atoms. The van der Waals surface area contributed by atoms with Crippen LogP contribution in [0.3, 0.4) is 0 Å². The Bertz CT molecular complexity index is 2640. The second-order valence-corrected chi connectivity index (χ2v) is 15.0. The molecule has 8 aromatic rings. The predicted octanol–water partition coefficient (Wildman–Crippen LogP) is 11.1. The molecule has 0 atom stereocenters. The van der Waals surface area contributed by atoms with E-state index in [0.29, 0.717) is 0 Å². The molecule has 0 radical (unpaired) electrons. The van der Waals surface area contributed by atoms with Gasteiger partial charge in [-0.1, -0.05) is 111 Å². The Kier molecular flexibility index (Phi) is 7.76. The molecule has 262 valence electrons. The fourth-order valence-electron chi connectivity index (χ4n) is 8.57. The van der Waals surface area contributed by atoms with Gasteiger partial charge >= 0.3 is 0 Å². The van der Waals surface area contributed by atoms with Crippen LogP contribution in [-0.4, -0.2) is 16.6 Å². The number of pyridine rings is 1. The first-order chi connectivity index (χ1) is 25.3. The monoisotopic (exact) mass is 864 g/mol. The van der Waals surface area contributed by atoms with Crippen molar-refractivity contribution in [3.05, 3.63) is 192 Å². The summed E-state index contributed by atoms with van der Waals surface area (Å²) < 4.78 is 2.27. The summed E-state index contributed by atoms with van der Waals surface area (Å²) in [6.07, 6.45) is 1.87. The van der Waals surface area contributed by atoms with E-state index in [9.17, 15) is 0 Å². The summed E-state index contributed by atoms with van der Waals surface area (Å²) in [5.74, 6) is 0.874. The molecule has 0 saturated carbocycles. The molecule has 0 fully saturated rings. The van der Waals surface area contributed by atoms with Crippen molar-refractivity contribution in [1.29, 1.82) is 0 Å². The van der Waals surface area contributed by atoms with Gasteiger partial charge in [-0.3, -0.25) is 0 Å². The first-order valence-corrected chi connectivity index (χ1v) is 18.0. The minimum atomic E-state index is -0.700. The molecule has 0 saturated heterocycles. The Morgan fingerprint density at radius 2 is 1.30 bits per heavy atom. The molecule has 0 N–H and O–H groups in total. The fraction of sp³-hybridized carbons (Fsp3) is 0.125. The molecule has 0 unspecified atom stereocenters. The van der Waals surface area contributed by atoms with Gasteiger partial charge in [0.05, 0.1) is 0 Å². The summed E-state index contributed by atoms with van der Waals surface area (Å²) in [4.78, 5) is 9.33. The Morgan fingerprint density at radius 3 is 2.02 bits per heavy atom. The number of para-hydroxylation sites is 3. The van der Waals surface area contributed by atoms with E-state index in [-0.39, 0.29) is 26.5 Å².